The lowest BCUT2D eigenvalue weighted by molar-refractivity contribution is -0.123. The lowest BCUT2D eigenvalue weighted by Crippen LogP contribution is -2.30. The van der Waals surface area contributed by atoms with E-state index in [4.69, 9.17) is 9.47 Å². The Hall–Kier alpha value is -3.02. The third-order valence-corrected chi connectivity index (χ3v) is 3.78. The molecule has 6 nitrogen and oxygen atoms in total. The van der Waals surface area contributed by atoms with E-state index in [1.54, 1.807) is 12.1 Å². The molecule has 1 amide bonds. The van der Waals surface area contributed by atoms with Crippen LogP contribution in [0.4, 0.5) is 0 Å². The average Bonchev–Trinajstić information content (AvgIpc) is 3.08. The first-order valence-electron chi connectivity index (χ1n) is 8.79. The number of imidazole rings is 1. The van der Waals surface area contributed by atoms with Crippen molar-refractivity contribution in [2.45, 2.75) is 19.8 Å². The van der Waals surface area contributed by atoms with E-state index in [1.165, 1.54) is 0 Å². The molecule has 2 heterocycles. The summed E-state index contributed by atoms with van der Waals surface area (Å²) in [7, 11) is 0. The molecule has 0 saturated heterocycles. The Morgan fingerprint density at radius 3 is 2.62 bits per heavy atom. The molecule has 0 atom stereocenters. The Kier molecular flexibility index (Phi) is 6.09. The molecule has 0 radical (unpaired) electrons. The molecule has 0 spiro atoms. The molecule has 1 aromatic carbocycles. The molecule has 3 rings (SSSR count). The summed E-state index contributed by atoms with van der Waals surface area (Å²) in [5, 5.41) is 2.85. The van der Waals surface area contributed by atoms with E-state index in [0.29, 0.717) is 25.3 Å². The van der Waals surface area contributed by atoms with Crippen LogP contribution in [0.25, 0.3) is 5.65 Å². The maximum absolute atomic E-state index is 11.9. The number of benzene rings is 1. The highest BCUT2D eigenvalue weighted by molar-refractivity contribution is 5.77. The standard InChI is InChI=1S/C20H23N3O3/c1-2-13-25-17-6-8-18(9-7-17)26-15-20(24)21-11-10-16-14-23-12-4-3-5-19(23)22-16/h3-9,12,14H,2,10-11,13,15H2,1H3,(H,21,24). The Bertz CT molecular complexity index is 810. The molecule has 0 fully saturated rings. The van der Waals surface area contributed by atoms with Crippen LogP contribution in [0.3, 0.4) is 0 Å². The number of rotatable bonds is 9. The Labute approximate surface area is 152 Å². The number of hydrogen-bond acceptors (Lipinski definition) is 4. The van der Waals surface area contributed by atoms with E-state index in [0.717, 1.165) is 23.5 Å². The Morgan fingerprint density at radius 2 is 1.88 bits per heavy atom. The lowest BCUT2D eigenvalue weighted by Gasteiger charge is -2.08. The molecule has 0 aliphatic heterocycles. The minimum absolute atomic E-state index is 0.0136. The number of hydrogen-bond donors (Lipinski definition) is 1. The number of aromatic nitrogens is 2. The van der Waals surface area contributed by atoms with Gasteiger partial charge in [0.25, 0.3) is 5.91 Å². The molecule has 6 heteroatoms. The number of carbonyl (C=O) groups excluding carboxylic acids is 1. The van der Waals surface area contributed by atoms with Crippen LogP contribution in [-0.4, -0.2) is 35.1 Å². The van der Waals surface area contributed by atoms with E-state index in [1.807, 2.05) is 47.1 Å². The number of nitrogens with one attached hydrogen (secondary N) is 1. The fraction of sp³-hybridized carbons (Fsp3) is 0.300. The molecule has 0 aliphatic carbocycles. The van der Waals surface area contributed by atoms with Crippen molar-refractivity contribution >= 4 is 11.6 Å². The van der Waals surface area contributed by atoms with Gasteiger partial charge in [0.05, 0.1) is 12.3 Å². The molecule has 0 bridgehead atoms. The molecule has 2 aromatic heterocycles. The predicted molar refractivity (Wildman–Crippen MR) is 99.6 cm³/mol. The molecule has 136 valence electrons. The Morgan fingerprint density at radius 1 is 1.12 bits per heavy atom. The highest BCUT2D eigenvalue weighted by Crippen LogP contribution is 2.17. The van der Waals surface area contributed by atoms with Crippen molar-refractivity contribution in [1.82, 2.24) is 14.7 Å². The minimum Gasteiger partial charge on any atom is -0.494 e. The quantitative estimate of drug-likeness (QED) is 0.642. The second-order valence-electron chi connectivity index (χ2n) is 5.91. The van der Waals surface area contributed by atoms with Gasteiger partial charge in [0.1, 0.15) is 17.1 Å². The van der Waals surface area contributed by atoms with Gasteiger partial charge in [-0.3, -0.25) is 4.79 Å². The topological polar surface area (TPSA) is 64.9 Å². The van der Waals surface area contributed by atoms with Crippen molar-refractivity contribution < 1.29 is 14.3 Å². The second kappa shape index (κ2) is 8.89. The summed E-state index contributed by atoms with van der Waals surface area (Å²) in [5.41, 5.74) is 1.85. The summed E-state index contributed by atoms with van der Waals surface area (Å²) in [6.07, 6.45) is 5.57. The molecule has 1 N–H and O–H groups in total. The summed E-state index contributed by atoms with van der Waals surface area (Å²) < 4.78 is 13.0. The zero-order valence-electron chi connectivity index (χ0n) is 14.9. The number of ether oxygens (including phenoxy) is 2. The van der Waals surface area contributed by atoms with Crippen molar-refractivity contribution in [3.05, 3.63) is 60.6 Å². The highest BCUT2D eigenvalue weighted by Gasteiger charge is 2.05. The van der Waals surface area contributed by atoms with E-state index in [-0.39, 0.29) is 12.5 Å². The van der Waals surface area contributed by atoms with Gasteiger partial charge in [0.15, 0.2) is 6.61 Å². The largest absolute Gasteiger partial charge is 0.494 e. The SMILES string of the molecule is CCCOc1ccc(OCC(=O)NCCc2cn3ccccc3n2)cc1. The summed E-state index contributed by atoms with van der Waals surface area (Å²) >= 11 is 0. The van der Waals surface area contributed by atoms with Gasteiger partial charge in [0.2, 0.25) is 0 Å². The third kappa shape index (κ3) is 4.99. The summed E-state index contributed by atoms with van der Waals surface area (Å²) in [6, 6.07) is 13.1. The third-order valence-electron chi connectivity index (χ3n) is 3.78. The maximum Gasteiger partial charge on any atom is 0.257 e. The monoisotopic (exact) mass is 353 g/mol. The van der Waals surface area contributed by atoms with Gasteiger partial charge in [-0.25, -0.2) is 4.98 Å². The highest BCUT2D eigenvalue weighted by atomic mass is 16.5. The van der Waals surface area contributed by atoms with Gasteiger partial charge in [-0.2, -0.15) is 0 Å². The molecule has 3 aromatic rings. The van der Waals surface area contributed by atoms with E-state index >= 15 is 0 Å². The van der Waals surface area contributed by atoms with Gasteiger partial charge in [0, 0.05) is 25.4 Å². The second-order valence-corrected chi connectivity index (χ2v) is 5.91. The van der Waals surface area contributed by atoms with Gasteiger partial charge in [-0.1, -0.05) is 13.0 Å². The first-order chi connectivity index (χ1) is 12.7. The number of carbonyl (C=O) groups is 1. The first-order valence-corrected chi connectivity index (χ1v) is 8.79. The van der Waals surface area contributed by atoms with E-state index < -0.39 is 0 Å². The van der Waals surface area contributed by atoms with Crippen molar-refractivity contribution in [2.75, 3.05) is 19.8 Å². The van der Waals surface area contributed by atoms with Crippen LogP contribution >= 0.6 is 0 Å². The first kappa shape index (κ1) is 17.8. The van der Waals surface area contributed by atoms with Gasteiger partial charge < -0.3 is 19.2 Å². The normalized spacial score (nSPS) is 10.7. The smallest absolute Gasteiger partial charge is 0.257 e. The maximum atomic E-state index is 11.9. The zero-order chi connectivity index (χ0) is 18.2. The number of amides is 1. The lowest BCUT2D eigenvalue weighted by atomic mass is 10.3. The molecule has 0 aliphatic rings. The fourth-order valence-electron chi connectivity index (χ4n) is 2.49. The van der Waals surface area contributed by atoms with Crippen molar-refractivity contribution in [1.29, 1.82) is 0 Å². The zero-order valence-corrected chi connectivity index (χ0v) is 14.9. The van der Waals surface area contributed by atoms with Crippen LogP contribution in [0.15, 0.2) is 54.9 Å². The molecule has 26 heavy (non-hydrogen) atoms. The van der Waals surface area contributed by atoms with Crippen molar-refractivity contribution in [3.63, 3.8) is 0 Å². The van der Waals surface area contributed by atoms with Crippen LogP contribution in [-0.2, 0) is 11.2 Å². The summed E-state index contributed by atoms with van der Waals surface area (Å²) in [6.45, 7) is 3.26. The van der Waals surface area contributed by atoms with Crippen LogP contribution in [0.2, 0.25) is 0 Å². The van der Waals surface area contributed by atoms with Gasteiger partial charge in [-0.05, 0) is 42.8 Å². The number of fused-ring (bicyclic) bond motifs is 1. The van der Waals surface area contributed by atoms with Gasteiger partial charge in [-0.15, -0.1) is 0 Å². The number of nitrogens with zero attached hydrogens (tertiary/aromatic N) is 2. The minimum atomic E-state index is -0.153. The molecule has 0 unspecified atom stereocenters. The summed E-state index contributed by atoms with van der Waals surface area (Å²) in [5.74, 6) is 1.29. The van der Waals surface area contributed by atoms with Crippen molar-refractivity contribution in [2.24, 2.45) is 0 Å². The summed E-state index contributed by atoms with van der Waals surface area (Å²) in [4.78, 5) is 16.4. The average molecular weight is 353 g/mol. The van der Waals surface area contributed by atoms with Crippen LogP contribution < -0.4 is 14.8 Å². The predicted octanol–water partition coefficient (Wildman–Crippen LogP) is 2.86. The van der Waals surface area contributed by atoms with Crippen molar-refractivity contribution in [3.8, 4) is 11.5 Å². The van der Waals surface area contributed by atoms with E-state index in [2.05, 4.69) is 17.2 Å². The van der Waals surface area contributed by atoms with Gasteiger partial charge >= 0.3 is 0 Å². The van der Waals surface area contributed by atoms with Crippen LogP contribution in [0.1, 0.15) is 19.0 Å². The molecule has 0 saturated carbocycles. The Balaban J connectivity index is 1.38. The molecular formula is C20H23N3O3. The molecular weight excluding hydrogens is 330 g/mol. The van der Waals surface area contributed by atoms with E-state index in [9.17, 15) is 4.79 Å². The number of pyridine rings is 1. The fourth-order valence-corrected chi connectivity index (χ4v) is 2.49. The van der Waals surface area contributed by atoms with Crippen LogP contribution in [0.5, 0.6) is 11.5 Å². The van der Waals surface area contributed by atoms with Crippen LogP contribution in [0, 0.1) is 0 Å².